The number of aldehydes is 1. The van der Waals surface area contributed by atoms with Gasteiger partial charge in [-0.3, -0.25) is 14.4 Å². The number of hydrogen-bond acceptors (Lipinski definition) is 8. The van der Waals surface area contributed by atoms with Crippen molar-refractivity contribution in [2.45, 2.75) is 45.1 Å². The van der Waals surface area contributed by atoms with Crippen molar-refractivity contribution in [1.82, 2.24) is 10.2 Å². The van der Waals surface area contributed by atoms with E-state index >= 15 is 0 Å². The molecular weight excluding hydrogens is 595 g/mol. The van der Waals surface area contributed by atoms with Crippen LogP contribution in [-0.2, 0) is 16.1 Å². The van der Waals surface area contributed by atoms with Gasteiger partial charge >= 0.3 is 0 Å². The number of furan rings is 1. The minimum atomic E-state index is -1.20. The Labute approximate surface area is 228 Å². The van der Waals surface area contributed by atoms with Crippen LogP contribution in [0.3, 0.4) is 0 Å². The number of aliphatic hydroxyl groups is 2. The molecule has 37 heavy (non-hydrogen) atoms. The maximum absolute atomic E-state index is 13.3. The molecular formula is C26H31IN2O8. The first kappa shape index (κ1) is 28.7. The lowest BCUT2D eigenvalue weighted by Crippen LogP contribution is -2.55. The Kier molecular flexibility index (Phi) is 10.1. The summed E-state index contributed by atoms with van der Waals surface area (Å²) in [4.78, 5) is 39.0. The molecule has 3 unspecified atom stereocenters. The standard InChI is InChI=1S/C26H31IN2O8/c1-15(2)26(34)29(12-16-4-7-36-14-16)20-10-18(25(33)28-5-6-30)11-21(23(20)32)37-24-19(27)8-17(13-31)9-22(24)35-3/h4,7-9,11,13-15,20-21,23,30,32H,5-6,10,12H2,1-3H3,(H,28,33). The van der Waals surface area contributed by atoms with Gasteiger partial charge in [-0.15, -0.1) is 0 Å². The second-order valence-electron chi connectivity index (χ2n) is 8.92. The molecule has 0 fully saturated rings. The summed E-state index contributed by atoms with van der Waals surface area (Å²) in [6, 6.07) is 4.07. The third kappa shape index (κ3) is 6.90. The van der Waals surface area contributed by atoms with Crippen molar-refractivity contribution in [1.29, 1.82) is 0 Å². The summed E-state index contributed by atoms with van der Waals surface area (Å²) >= 11 is 2.00. The molecule has 1 heterocycles. The van der Waals surface area contributed by atoms with E-state index in [1.807, 2.05) is 22.6 Å². The van der Waals surface area contributed by atoms with Crippen molar-refractivity contribution in [3.05, 3.63) is 57.1 Å². The van der Waals surface area contributed by atoms with Gasteiger partial charge in [-0.1, -0.05) is 13.8 Å². The first-order chi connectivity index (χ1) is 17.7. The second kappa shape index (κ2) is 13.1. The lowest BCUT2D eigenvalue weighted by molar-refractivity contribution is -0.142. The number of benzene rings is 1. The van der Waals surface area contributed by atoms with Crippen LogP contribution < -0.4 is 14.8 Å². The Hall–Kier alpha value is -2.90. The van der Waals surface area contributed by atoms with Crippen molar-refractivity contribution >= 4 is 40.7 Å². The highest BCUT2D eigenvalue weighted by molar-refractivity contribution is 14.1. The predicted molar refractivity (Wildman–Crippen MR) is 142 cm³/mol. The van der Waals surface area contributed by atoms with Gasteiger partial charge in [0.05, 0.1) is 35.9 Å². The molecule has 3 atom stereocenters. The van der Waals surface area contributed by atoms with Crippen LogP contribution in [0.15, 0.2) is 46.8 Å². The van der Waals surface area contributed by atoms with Gasteiger partial charge < -0.3 is 34.3 Å². The van der Waals surface area contributed by atoms with Gasteiger partial charge in [0.1, 0.15) is 18.5 Å². The van der Waals surface area contributed by atoms with E-state index < -0.39 is 24.2 Å². The molecule has 0 saturated heterocycles. The first-order valence-electron chi connectivity index (χ1n) is 11.8. The van der Waals surface area contributed by atoms with Crippen LogP contribution in [0.5, 0.6) is 11.5 Å². The molecule has 3 rings (SSSR count). The molecule has 11 heteroatoms. The fourth-order valence-electron chi connectivity index (χ4n) is 4.11. The van der Waals surface area contributed by atoms with Gasteiger partial charge in [-0.2, -0.15) is 0 Å². The van der Waals surface area contributed by atoms with Crippen molar-refractivity contribution in [3.8, 4) is 11.5 Å². The van der Waals surface area contributed by atoms with Crippen LogP contribution in [0.25, 0.3) is 0 Å². The van der Waals surface area contributed by atoms with Crippen molar-refractivity contribution in [2.24, 2.45) is 5.92 Å². The summed E-state index contributed by atoms with van der Waals surface area (Å²) in [7, 11) is 1.44. The van der Waals surface area contributed by atoms with E-state index in [9.17, 15) is 19.5 Å². The molecule has 0 saturated carbocycles. The SMILES string of the molecule is COc1cc(C=O)cc(I)c1OC1C=C(C(=O)NCCO)CC(N(Cc2ccoc2)C(=O)C(C)C)C1O. The minimum absolute atomic E-state index is 0.0530. The Bertz CT molecular complexity index is 1130. The second-order valence-corrected chi connectivity index (χ2v) is 10.1. The average molecular weight is 626 g/mol. The lowest BCUT2D eigenvalue weighted by atomic mass is 9.87. The number of halogens is 1. The summed E-state index contributed by atoms with van der Waals surface area (Å²) in [5, 5.41) is 23.3. The molecule has 1 aromatic carbocycles. The maximum atomic E-state index is 13.3. The fraction of sp³-hybridized carbons (Fsp3) is 0.423. The van der Waals surface area contributed by atoms with Crippen LogP contribution in [0, 0.1) is 9.49 Å². The van der Waals surface area contributed by atoms with Crippen LogP contribution in [0.1, 0.15) is 36.2 Å². The zero-order valence-corrected chi connectivity index (χ0v) is 23.0. The van der Waals surface area contributed by atoms with Gasteiger partial charge in [-0.05, 0) is 46.9 Å². The maximum Gasteiger partial charge on any atom is 0.247 e. The smallest absolute Gasteiger partial charge is 0.247 e. The van der Waals surface area contributed by atoms with Crippen molar-refractivity contribution in [3.63, 3.8) is 0 Å². The lowest BCUT2D eigenvalue weighted by Gasteiger charge is -2.41. The van der Waals surface area contributed by atoms with E-state index in [-0.39, 0.29) is 43.7 Å². The molecule has 1 aromatic heterocycles. The molecule has 0 radical (unpaired) electrons. The normalized spacial score (nSPS) is 19.2. The summed E-state index contributed by atoms with van der Waals surface area (Å²) in [5.41, 5.74) is 1.44. The molecule has 0 bridgehead atoms. The third-order valence-electron chi connectivity index (χ3n) is 5.97. The summed E-state index contributed by atoms with van der Waals surface area (Å²) in [6.07, 6.45) is 3.09. The zero-order valence-electron chi connectivity index (χ0n) is 20.8. The van der Waals surface area contributed by atoms with E-state index in [0.717, 1.165) is 5.56 Å². The molecule has 0 aliphatic heterocycles. The third-order valence-corrected chi connectivity index (χ3v) is 6.77. The highest BCUT2D eigenvalue weighted by Crippen LogP contribution is 2.37. The minimum Gasteiger partial charge on any atom is -0.493 e. The number of nitrogens with zero attached hydrogens (tertiary/aromatic N) is 1. The van der Waals surface area contributed by atoms with E-state index in [1.165, 1.54) is 31.8 Å². The van der Waals surface area contributed by atoms with Crippen LogP contribution >= 0.6 is 22.6 Å². The number of hydrogen-bond donors (Lipinski definition) is 3. The monoisotopic (exact) mass is 626 g/mol. The average Bonchev–Trinajstić information content (AvgIpc) is 3.40. The van der Waals surface area contributed by atoms with Crippen molar-refractivity contribution < 1.29 is 38.5 Å². The van der Waals surface area contributed by atoms with Crippen LogP contribution in [0.2, 0.25) is 0 Å². The van der Waals surface area contributed by atoms with Gasteiger partial charge in [0, 0.05) is 42.1 Å². The van der Waals surface area contributed by atoms with Crippen LogP contribution in [-0.4, -0.2) is 71.7 Å². The molecule has 10 nitrogen and oxygen atoms in total. The van der Waals surface area contributed by atoms with E-state index in [4.69, 9.17) is 19.0 Å². The van der Waals surface area contributed by atoms with E-state index in [2.05, 4.69) is 5.32 Å². The number of aliphatic hydroxyl groups excluding tert-OH is 2. The van der Waals surface area contributed by atoms with Gasteiger partial charge in [0.2, 0.25) is 11.8 Å². The Morgan fingerprint density at radius 3 is 2.70 bits per heavy atom. The highest BCUT2D eigenvalue weighted by atomic mass is 127. The molecule has 3 N–H and O–H groups in total. The molecule has 2 aromatic rings. The number of amides is 2. The Morgan fingerprint density at radius 2 is 2.11 bits per heavy atom. The van der Waals surface area contributed by atoms with Gasteiger partial charge in [-0.25, -0.2) is 0 Å². The summed E-state index contributed by atoms with van der Waals surface area (Å²) in [5.74, 6) is -0.424. The highest BCUT2D eigenvalue weighted by Gasteiger charge is 2.41. The van der Waals surface area contributed by atoms with Gasteiger partial charge in [0.25, 0.3) is 0 Å². The van der Waals surface area contributed by atoms with Crippen molar-refractivity contribution in [2.75, 3.05) is 20.3 Å². The predicted octanol–water partition coefficient (Wildman–Crippen LogP) is 2.31. The zero-order chi connectivity index (χ0) is 27.1. The Balaban J connectivity index is 2.03. The number of rotatable bonds is 11. The number of methoxy groups -OCH3 is 1. The molecule has 1 aliphatic carbocycles. The topological polar surface area (TPSA) is 139 Å². The number of carbonyl (C=O) groups excluding carboxylic acids is 3. The quantitative estimate of drug-likeness (QED) is 0.255. The molecule has 1 aliphatic rings. The summed E-state index contributed by atoms with van der Waals surface area (Å²) in [6.45, 7) is 3.52. The first-order valence-corrected chi connectivity index (χ1v) is 12.9. The fourth-order valence-corrected chi connectivity index (χ4v) is 4.86. The Morgan fingerprint density at radius 1 is 1.35 bits per heavy atom. The van der Waals surface area contributed by atoms with E-state index in [1.54, 1.807) is 30.9 Å². The van der Waals surface area contributed by atoms with Gasteiger partial charge in [0.15, 0.2) is 11.5 Å². The number of ether oxygens (including phenoxy) is 2. The number of nitrogens with one attached hydrogen (secondary N) is 1. The van der Waals surface area contributed by atoms with E-state index in [0.29, 0.717) is 26.7 Å². The molecule has 2 amide bonds. The molecule has 0 spiro atoms. The number of carbonyl (C=O) groups is 3. The van der Waals surface area contributed by atoms with Crippen LogP contribution in [0.4, 0.5) is 0 Å². The summed E-state index contributed by atoms with van der Waals surface area (Å²) < 4.78 is 17.4. The largest absolute Gasteiger partial charge is 0.493 e. The molecule has 200 valence electrons.